The SMILES string of the molecule is O=C1CN(C(=O)CCn2ccnc2)CCOCCOc2ccccc2Oc2ccc(Cl)cc2N1. The van der Waals surface area contributed by atoms with Gasteiger partial charge in [0.05, 0.1) is 31.8 Å². The summed E-state index contributed by atoms with van der Waals surface area (Å²) in [5, 5.41) is 3.25. The molecule has 0 atom stereocenters. The van der Waals surface area contributed by atoms with Crippen LogP contribution in [0.15, 0.2) is 61.2 Å². The van der Waals surface area contributed by atoms with E-state index in [2.05, 4.69) is 10.3 Å². The van der Waals surface area contributed by atoms with Crippen LogP contribution in [-0.4, -0.2) is 59.2 Å². The highest BCUT2D eigenvalue weighted by molar-refractivity contribution is 6.31. The first-order chi connectivity index (χ1) is 16.6. The maximum Gasteiger partial charge on any atom is 0.244 e. The highest BCUT2D eigenvalue weighted by atomic mass is 35.5. The number of para-hydroxylation sites is 2. The van der Waals surface area contributed by atoms with E-state index in [1.165, 1.54) is 4.90 Å². The number of benzene rings is 2. The second-order valence-corrected chi connectivity index (χ2v) is 8.00. The monoisotopic (exact) mass is 484 g/mol. The summed E-state index contributed by atoms with van der Waals surface area (Å²) >= 11 is 6.17. The minimum atomic E-state index is -0.373. The topological polar surface area (TPSA) is 94.9 Å². The Hall–Kier alpha value is -3.56. The number of aromatic nitrogens is 2. The molecule has 1 aliphatic heterocycles. The number of hydrogen-bond acceptors (Lipinski definition) is 6. The summed E-state index contributed by atoms with van der Waals surface area (Å²) in [6, 6.07) is 12.2. The highest BCUT2D eigenvalue weighted by Crippen LogP contribution is 2.36. The van der Waals surface area contributed by atoms with Crippen LogP contribution < -0.4 is 14.8 Å². The summed E-state index contributed by atoms with van der Waals surface area (Å²) < 4.78 is 19.3. The van der Waals surface area contributed by atoms with Crippen LogP contribution in [0.3, 0.4) is 0 Å². The zero-order valence-corrected chi connectivity index (χ0v) is 19.2. The van der Waals surface area contributed by atoms with Crippen LogP contribution in [0.4, 0.5) is 5.69 Å². The van der Waals surface area contributed by atoms with E-state index in [0.717, 1.165) is 0 Å². The second kappa shape index (κ2) is 11.5. The van der Waals surface area contributed by atoms with Gasteiger partial charge in [-0.15, -0.1) is 0 Å². The molecule has 0 aliphatic carbocycles. The van der Waals surface area contributed by atoms with Crippen molar-refractivity contribution in [1.29, 1.82) is 0 Å². The molecule has 0 spiro atoms. The molecule has 2 aromatic carbocycles. The fourth-order valence-corrected chi connectivity index (χ4v) is 3.58. The standard InChI is InChI=1S/C24H25ClN4O5/c25-18-5-6-20-19(15-18)27-23(30)16-29(24(31)7-9-28-10-8-26-17-28)11-12-32-13-14-33-21-3-1-2-4-22(21)34-20/h1-6,8,10,15,17H,7,9,11-14,16H2,(H,27,30). The predicted molar refractivity (Wildman–Crippen MR) is 126 cm³/mol. The summed E-state index contributed by atoms with van der Waals surface area (Å²) in [7, 11) is 0. The van der Waals surface area contributed by atoms with Crippen LogP contribution in [-0.2, 0) is 20.9 Å². The fraction of sp³-hybridized carbons (Fsp3) is 0.292. The molecule has 9 nitrogen and oxygen atoms in total. The Balaban J connectivity index is 1.53. The molecule has 4 rings (SSSR count). The zero-order valence-electron chi connectivity index (χ0n) is 18.5. The lowest BCUT2D eigenvalue weighted by Gasteiger charge is -2.22. The third-order valence-corrected chi connectivity index (χ3v) is 5.34. The number of hydrogen-bond donors (Lipinski definition) is 1. The van der Waals surface area contributed by atoms with Gasteiger partial charge in [0.15, 0.2) is 17.2 Å². The van der Waals surface area contributed by atoms with Crippen molar-refractivity contribution in [3.8, 4) is 17.2 Å². The summed E-state index contributed by atoms with van der Waals surface area (Å²) in [4.78, 5) is 31.2. The summed E-state index contributed by atoms with van der Waals surface area (Å²) in [6.45, 7) is 1.50. The Bertz CT molecular complexity index is 1120. The van der Waals surface area contributed by atoms with Crippen molar-refractivity contribution in [2.75, 3.05) is 38.2 Å². The smallest absolute Gasteiger partial charge is 0.244 e. The van der Waals surface area contributed by atoms with E-state index in [9.17, 15) is 9.59 Å². The minimum absolute atomic E-state index is 0.134. The molecule has 0 unspecified atom stereocenters. The third kappa shape index (κ3) is 6.49. The lowest BCUT2D eigenvalue weighted by Crippen LogP contribution is -2.40. The van der Waals surface area contributed by atoms with Gasteiger partial charge in [0.1, 0.15) is 6.61 Å². The molecule has 2 amide bonds. The first-order valence-electron chi connectivity index (χ1n) is 10.9. The van der Waals surface area contributed by atoms with E-state index in [-0.39, 0.29) is 37.9 Å². The molecule has 0 saturated heterocycles. The molecule has 0 bridgehead atoms. The largest absolute Gasteiger partial charge is 0.487 e. The van der Waals surface area contributed by atoms with E-state index in [1.807, 2.05) is 16.7 Å². The summed E-state index contributed by atoms with van der Waals surface area (Å²) in [5.41, 5.74) is 0.393. The number of nitrogens with zero attached hydrogens (tertiary/aromatic N) is 3. The van der Waals surface area contributed by atoms with Gasteiger partial charge < -0.3 is 29.0 Å². The van der Waals surface area contributed by atoms with Gasteiger partial charge in [-0.2, -0.15) is 0 Å². The number of carbonyl (C=O) groups excluding carboxylic acids is 2. The van der Waals surface area contributed by atoms with E-state index >= 15 is 0 Å². The molecule has 0 fully saturated rings. The average Bonchev–Trinajstić information content (AvgIpc) is 3.34. The number of ether oxygens (including phenoxy) is 3. The quantitative estimate of drug-likeness (QED) is 0.610. The second-order valence-electron chi connectivity index (χ2n) is 7.56. The molecule has 1 aromatic heterocycles. The average molecular weight is 485 g/mol. The molecular weight excluding hydrogens is 460 g/mol. The summed E-state index contributed by atoms with van der Waals surface area (Å²) in [5.74, 6) is 0.902. The Labute approximate surface area is 202 Å². The molecule has 2 heterocycles. The van der Waals surface area contributed by atoms with Crippen LogP contribution in [0.2, 0.25) is 5.02 Å². The van der Waals surface area contributed by atoms with Gasteiger partial charge in [0, 0.05) is 36.9 Å². The molecule has 1 aliphatic rings. The van der Waals surface area contributed by atoms with Crippen LogP contribution in [0.25, 0.3) is 0 Å². The summed E-state index contributed by atoms with van der Waals surface area (Å²) in [6.07, 6.45) is 5.32. The van der Waals surface area contributed by atoms with Crippen molar-refractivity contribution in [1.82, 2.24) is 14.5 Å². The number of anilines is 1. The van der Waals surface area contributed by atoms with E-state index in [0.29, 0.717) is 47.7 Å². The number of nitrogens with one attached hydrogen (secondary N) is 1. The first kappa shape index (κ1) is 23.6. The van der Waals surface area contributed by atoms with Crippen LogP contribution in [0.1, 0.15) is 6.42 Å². The molecule has 3 aromatic rings. The van der Waals surface area contributed by atoms with E-state index in [1.54, 1.807) is 49.1 Å². The number of aryl methyl sites for hydroxylation is 1. The van der Waals surface area contributed by atoms with Gasteiger partial charge in [-0.3, -0.25) is 9.59 Å². The fourth-order valence-electron chi connectivity index (χ4n) is 3.41. The number of amides is 2. The Morgan fingerprint density at radius 1 is 1.09 bits per heavy atom. The third-order valence-electron chi connectivity index (χ3n) is 5.11. The Morgan fingerprint density at radius 2 is 1.94 bits per heavy atom. The van der Waals surface area contributed by atoms with Gasteiger partial charge in [-0.05, 0) is 30.3 Å². The van der Waals surface area contributed by atoms with E-state index in [4.69, 9.17) is 25.8 Å². The van der Waals surface area contributed by atoms with Crippen molar-refractivity contribution in [3.63, 3.8) is 0 Å². The molecule has 178 valence electrons. The van der Waals surface area contributed by atoms with Gasteiger partial charge in [0.2, 0.25) is 11.8 Å². The maximum absolute atomic E-state index is 12.9. The molecule has 0 saturated carbocycles. The van der Waals surface area contributed by atoms with Gasteiger partial charge in [-0.1, -0.05) is 23.7 Å². The van der Waals surface area contributed by atoms with E-state index < -0.39 is 0 Å². The Morgan fingerprint density at radius 3 is 2.76 bits per heavy atom. The number of fused-ring (bicyclic) bond motifs is 2. The molecule has 34 heavy (non-hydrogen) atoms. The van der Waals surface area contributed by atoms with Crippen LogP contribution >= 0.6 is 11.6 Å². The predicted octanol–water partition coefficient (Wildman–Crippen LogP) is 3.60. The molecule has 0 radical (unpaired) electrons. The molecular formula is C24H25ClN4O5. The molecule has 10 heteroatoms. The van der Waals surface area contributed by atoms with Crippen molar-refractivity contribution in [2.24, 2.45) is 0 Å². The number of halogens is 1. The lowest BCUT2D eigenvalue weighted by atomic mass is 10.2. The Kier molecular flexibility index (Phi) is 8.00. The normalized spacial score (nSPS) is 15.0. The number of rotatable bonds is 3. The van der Waals surface area contributed by atoms with Gasteiger partial charge in [0.25, 0.3) is 0 Å². The minimum Gasteiger partial charge on any atom is -0.487 e. The van der Waals surface area contributed by atoms with Crippen LogP contribution in [0.5, 0.6) is 17.2 Å². The highest BCUT2D eigenvalue weighted by Gasteiger charge is 2.19. The van der Waals surface area contributed by atoms with Gasteiger partial charge in [-0.25, -0.2) is 4.98 Å². The van der Waals surface area contributed by atoms with Crippen molar-refractivity contribution < 1.29 is 23.8 Å². The number of carbonyl (C=O) groups is 2. The van der Waals surface area contributed by atoms with Crippen molar-refractivity contribution in [3.05, 3.63) is 66.2 Å². The van der Waals surface area contributed by atoms with Crippen molar-refractivity contribution >= 4 is 29.1 Å². The molecule has 1 N–H and O–H groups in total. The lowest BCUT2D eigenvalue weighted by molar-refractivity contribution is -0.135. The first-order valence-corrected chi connectivity index (χ1v) is 11.3. The maximum atomic E-state index is 12.9. The van der Waals surface area contributed by atoms with Crippen molar-refractivity contribution in [2.45, 2.75) is 13.0 Å². The zero-order chi connectivity index (χ0) is 23.8. The number of imidazole rings is 1. The van der Waals surface area contributed by atoms with Crippen LogP contribution in [0, 0.1) is 0 Å². The van der Waals surface area contributed by atoms with Gasteiger partial charge >= 0.3 is 0 Å².